The van der Waals surface area contributed by atoms with E-state index in [9.17, 15) is 0 Å². The van der Waals surface area contributed by atoms with Crippen molar-refractivity contribution in [1.82, 2.24) is 10.2 Å². The highest BCUT2D eigenvalue weighted by Gasteiger charge is 2.17. The van der Waals surface area contributed by atoms with Crippen LogP contribution < -0.4 is 10.6 Å². The van der Waals surface area contributed by atoms with E-state index < -0.39 is 0 Å². The number of hydrogen-bond acceptors (Lipinski definition) is 5. The molecule has 0 aliphatic heterocycles. The minimum Gasteiger partial charge on any atom is -0.406 e. The molecule has 0 amide bonds. The van der Waals surface area contributed by atoms with Crippen molar-refractivity contribution >= 4 is 6.01 Å². The average molecular weight is 226 g/mol. The number of anilines is 1. The van der Waals surface area contributed by atoms with Crippen LogP contribution in [-0.4, -0.2) is 23.3 Å². The monoisotopic (exact) mass is 226 g/mol. The summed E-state index contributed by atoms with van der Waals surface area (Å²) in [6, 6.07) is 0.413. The van der Waals surface area contributed by atoms with E-state index in [2.05, 4.69) is 37.9 Å². The largest absolute Gasteiger partial charge is 0.406 e. The van der Waals surface area contributed by atoms with Crippen LogP contribution in [0.4, 0.5) is 6.01 Å². The van der Waals surface area contributed by atoms with Crippen LogP contribution >= 0.6 is 0 Å². The summed E-state index contributed by atoms with van der Waals surface area (Å²) in [6.45, 7) is 10.1. The second-order valence-corrected chi connectivity index (χ2v) is 4.33. The molecule has 1 rings (SSSR count). The fraction of sp³-hybridized carbons (Fsp3) is 0.818. The van der Waals surface area contributed by atoms with Gasteiger partial charge in [-0.25, -0.2) is 0 Å². The van der Waals surface area contributed by atoms with Gasteiger partial charge in [0.2, 0.25) is 5.89 Å². The first kappa shape index (κ1) is 13.0. The van der Waals surface area contributed by atoms with Crippen LogP contribution in [0, 0.1) is 5.92 Å². The van der Waals surface area contributed by atoms with Gasteiger partial charge in [0.15, 0.2) is 0 Å². The first-order valence-corrected chi connectivity index (χ1v) is 5.92. The van der Waals surface area contributed by atoms with Crippen LogP contribution in [0.3, 0.4) is 0 Å². The number of rotatable bonds is 6. The fourth-order valence-electron chi connectivity index (χ4n) is 1.61. The lowest BCUT2D eigenvalue weighted by molar-refractivity contribution is 0.402. The molecule has 1 aromatic heterocycles. The van der Waals surface area contributed by atoms with E-state index in [-0.39, 0.29) is 6.04 Å². The Kier molecular flexibility index (Phi) is 4.73. The van der Waals surface area contributed by atoms with Crippen molar-refractivity contribution < 1.29 is 4.42 Å². The van der Waals surface area contributed by atoms with Crippen LogP contribution in [0.1, 0.15) is 46.0 Å². The Labute approximate surface area is 97.0 Å². The van der Waals surface area contributed by atoms with Crippen molar-refractivity contribution in [1.29, 1.82) is 0 Å². The summed E-state index contributed by atoms with van der Waals surface area (Å²) >= 11 is 0. The molecule has 1 atom stereocenters. The van der Waals surface area contributed by atoms with E-state index in [1.165, 1.54) is 0 Å². The highest BCUT2D eigenvalue weighted by atomic mass is 16.4. The Morgan fingerprint density at radius 3 is 2.38 bits per heavy atom. The molecule has 16 heavy (non-hydrogen) atoms. The van der Waals surface area contributed by atoms with Crippen molar-refractivity contribution in [2.45, 2.75) is 40.2 Å². The lowest BCUT2D eigenvalue weighted by atomic mass is 10.1. The zero-order valence-electron chi connectivity index (χ0n) is 10.6. The van der Waals surface area contributed by atoms with Crippen molar-refractivity contribution in [3.05, 3.63) is 5.89 Å². The predicted octanol–water partition coefficient (Wildman–Crippen LogP) is 1.96. The minimum absolute atomic E-state index is 0.156. The Morgan fingerprint density at radius 2 is 1.88 bits per heavy atom. The third kappa shape index (κ3) is 3.20. The van der Waals surface area contributed by atoms with Crippen molar-refractivity contribution in [2.75, 3.05) is 18.0 Å². The van der Waals surface area contributed by atoms with Gasteiger partial charge in [0, 0.05) is 13.1 Å². The van der Waals surface area contributed by atoms with E-state index in [1.807, 2.05) is 4.90 Å². The summed E-state index contributed by atoms with van der Waals surface area (Å²) in [6.07, 6.45) is 0.861. The van der Waals surface area contributed by atoms with Crippen LogP contribution in [0.5, 0.6) is 0 Å². The van der Waals surface area contributed by atoms with Gasteiger partial charge in [-0.1, -0.05) is 18.9 Å². The van der Waals surface area contributed by atoms with Gasteiger partial charge >= 0.3 is 6.01 Å². The average Bonchev–Trinajstić information content (AvgIpc) is 2.68. The SMILES string of the molecule is CCN(CC)c1nnc(C(N)CC(C)C)o1. The normalized spacial score (nSPS) is 13.1. The molecule has 1 aromatic rings. The highest BCUT2D eigenvalue weighted by Crippen LogP contribution is 2.20. The number of hydrogen-bond donors (Lipinski definition) is 1. The van der Waals surface area contributed by atoms with Gasteiger partial charge in [-0.2, -0.15) is 0 Å². The molecule has 0 aliphatic rings. The molecule has 2 N–H and O–H groups in total. The van der Waals surface area contributed by atoms with E-state index in [1.54, 1.807) is 0 Å². The van der Waals surface area contributed by atoms with Crippen molar-refractivity contribution in [3.8, 4) is 0 Å². The van der Waals surface area contributed by atoms with Crippen LogP contribution in [0.2, 0.25) is 0 Å². The van der Waals surface area contributed by atoms with Gasteiger partial charge < -0.3 is 15.1 Å². The molecular formula is C11H22N4O. The molecular weight excluding hydrogens is 204 g/mol. The maximum absolute atomic E-state index is 5.98. The predicted molar refractivity (Wildman–Crippen MR) is 64.2 cm³/mol. The van der Waals surface area contributed by atoms with Crippen LogP contribution in [-0.2, 0) is 0 Å². The number of nitrogens with two attached hydrogens (primary N) is 1. The first-order chi connectivity index (χ1) is 7.58. The second kappa shape index (κ2) is 5.84. The molecule has 0 aliphatic carbocycles. The molecule has 5 heteroatoms. The second-order valence-electron chi connectivity index (χ2n) is 4.33. The topological polar surface area (TPSA) is 68.2 Å². The van der Waals surface area contributed by atoms with Gasteiger partial charge in [0.05, 0.1) is 6.04 Å². The number of aromatic nitrogens is 2. The van der Waals surface area contributed by atoms with Crippen molar-refractivity contribution in [3.63, 3.8) is 0 Å². The summed E-state index contributed by atoms with van der Waals surface area (Å²) in [5.74, 6) is 1.06. The minimum atomic E-state index is -0.156. The first-order valence-electron chi connectivity index (χ1n) is 5.92. The van der Waals surface area contributed by atoms with Gasteiger partial charge in [-0.05, 0) is 26.2 Å². The third-order valence-electron chi connectivity index (χ3n) is 2.51. The van der Waals surface area contributed by atoms with E-state index in [0.29, 0.717) is 17.8 Å². The molecule has 1 unspecified atom stereocenters. The maximum atomic E-state index is 5.98. The molecule has 92 valence electrons. The summed E-state index contributed by atoms with van der Waals surface area (Å²) < 4.78 is 5.57. The molecule has 0 bridgehead atoms. The molecule has 0 saturated carbocycles. The lowest BCUT2D eigenvalue weighted by Gasteiger charge is -2.14. The number of nitrogens with zero attached hydrogens (tertiary/aromatic N) is 3. The summed E-state index contributed by atoms with van der Waals surface area (Å²) in [7, 11) is 0. The maximum Gasteiger partial charge on any atom is 0.318 e. The summed E-state index contributed by atoms with van der Waals surface area (Å²) in [4.78, 5) is 2.01. The van der Waals surface area contributed by atoms with E-state index in [4.69, 9.17) is 10.2 Å². The molecule has 5 nitrogen and oxygen atoms in total. The molecule has 1 heterocycles. The molecule has 0 spiro atoms. The molecule has 0 radical (unpaired) electrons. The van der Waals surface area contributed by atoms with E-state index in [0.717, 1.165) is 19.5 Å². The van der Waals surface area contributed by atoms with Gasteiger partial charge in [0.1, 0.15) is 0 Å². The zero-order chi connectivity index (χ0) is 12.1. The third-order valence-corrected chi connectivity index (χ3v) is 2.51. The smallest absolute Gasteiger partial charge is 0.318 e. The zero-order valence-corrected chi connectivity index (χ0v) is 10.6. The molecule has 0 aromatic carbocycles. The lowest BCUT2D eigenvalue weighted by Crippen LogP contribution is -2.22. The van der Waals surface area contributed by atoms with Gasteiger partial charge in [-0.3, -0.25) is 0 Å². The van der Waals surface area contributed by atoms with Gasteiger partial charge in [0.25, 0.3) is 0 Å². The van der Waals surface area contributed by atoms with Crippen LogP contribution in [0.15, 0.2) is 4.42 Å². The standard InChI is InChI=1S/C11H22N4O/c1-5-15(6-2)11-14-13-10(16-11)9(12)7-8(3)4/h8-9H,5-7,12H2,1-4H3. The molecule has 0 saturated heterocycles. The fourth-order valence-corrected chi connectivity index (χ4v) is 1.61. The Balaban J connectivity index is 2.70. The summed E-state index contributed by atoms with van der Waals surface area (Å²) in [5, 5.41) is 8.02. The van der Waals surface area contributed by atoms with Crippen molar-refractivity contribution in [2.24, 2.45) is 11.7 Å². The quantitative estimate of drug-likeness (QED) is 0.803. The Morgan fingerprint density at radius 1 is 1.25 bits per heavy atom. The van der Waals surface area contributed by atoms with E-state index >= 15 is 0 Å². The Hall–Kier alpha value is -1.10. The van der Waals surface area contributed by atoms with Gasteiger partial charge in [-0.15, -0.1) is 5.10 Å². The van der Waals surface area contributed by atoms with Crippen LogP contribution in [0.25, 0.3) is 0 Å². The Bertz CT molecular complexity index is 307. The highest BCUT2D eigenvalue weighted by molar-refractivity contribution is 5.23. The molecule has 0 fully saturated rings. The summed E-state index contributed by atoms with van der Waals surface area (Å²) in [5.41, 5.74) is 5.98.